The first kappa shape index (κ1) is 10.3. The summed E-state index contributed by atoms with van der Waals surface area (Å²) in [5.74, 6) is -1.29. The van der Waals surface area contributed by atoms with E-state index in [1.165, 1.54) is 36.4 Å². The van der Waals surface area contributed by atoms with Crippen LogP contribution in [0.5, 0.6) is 0 Å². The van der Waals surface area contributed by atoms with Gasteiger partial charge in [-0.25, -0.2) is 8.78 Å². The highest BCUT2D eigenvalue weighted by atomic mass is 19.1. The number of hydrogen-bond acceptors (Lipinski definition) is 1. The molecule has 0 amide bonds. The molecule has 0 fully saturated rings. The van der Waals surface area contributed by atoms with Crippen molar-refractivity contribution >= 4 is 0 Å². The lowest BCUT2D eigenvalue weighted by Crippen LogP contribution is -1.90. The molecule has 0 saturated heterocycles. The summed E-state index contributed by atoms with van der Waals surface area (Å²) in [4.78, 5) is 0. The third kappa shape index (κ3) is 1.78. The van der Waals surface area contributed by atoms with Gasteiger partial charge in [-0.1, -0.05) is 18.2 Å². The largest absolute Gasteiger partial charge is 0.206 e. The summed E-state index contributed by atoms with van der Waals surface area (Å²) in [5, 5.41) is 8.68. The minimum absolute atomic E-state index is 0.118. The second kappa shape index (κ2) is 4.11. The fourth-order valence-electron chi connectivity index (χ4n) is 1.46. The average Bonchev–Trinajstić information content (AvgIpc) is 2.29. The van der Waals surface area contributed by atoms with Crippen LogP contribution in [0.15, 0.2) is 36.4 Å². The van der Waals surface area contributed by atoms with E-state index >= 15 is 0 Å². The summed E-state index contributed by atoms with van der Waals surface area (Å²) in [6.07, 6.45) is 0. The van der Waals surface area contributed by atoms with Crippen LogP contribution in [0.3, 0.4) is 0 Å². The molecular formula is C13H6F2N. The predicted molar refractivity (Wildman–Crippen MR) is 55.3 cm³/mol. The summed E-state index contributed by atoms with van der Waals surface area (Å²) >= 11 is 0. The van der Waals surface area contributed by atoms with Crippen LogP contribution in [0.25, 0.3) is 11.1 Å². The highest BCUT2D eigenvalue weighted by molar-refractivity contribution is 5.66. The van der Waals surface area contributed by atoms with Crippen LogP contribution in [0.1, 0.15) is 5.56 Å². The standard InChI is InChI=1S/C13H6F2N/c14-11-5-2-6-12(15)13(11)10-4-1-3-9(7-10)8-16/h1-2,4-7H. The molecule has 1 radical (unpaired) electrons. The Balaban J connectivity index is 2.64. The number of hydrogen-bond donors (Lipinski definition) is 0. The molecule has 0 atom stereocenters. The van der Waals surface area contributed by atoms with Gasteiger partial charge in [0.1, 0.15) is 11.6 Å². The smallest absolute Gasteiger partial charge is 0.133 e. The van der Waals surface area contributed by atoms with Crippen molar-refractivity contribution in [1.82, 2.24) is 0 Å². The summed E-state index contributed by atoms with van der Waals surface area (Å²) in [6, 6.07) is 12.6. The predicted octanol–water partition coefficient (Wildman–Crippen LogP) is 3.30. The molecular weight excluding hydrogens is 208 g/mol. The summed E-state index contributed by atoms with van der Waals surface area (Å²) in [6.45, 7) is 0. The van der Waals surface area contributed by atoms with Gasteiger partial charge in [0.15, 0.2) is 0 Å². The Morgan fingerprint density at radius 1 is 1.12 bits per heavy atom. The zero-order chi connectivity index (χ0) is 11.5. The van der Waals surface area contributed by atoms with Crippen molar-refractivity contribution < 1.29 is 8.78 Å². The van der Waals surface area contributed by atoms with E-state index in [1.807, 2.05) is 6.07 Å². The highest BCUT2D eigenvalue weighted by Crippen LogP contribution is 2.26. The third-order valence-corrected chi connectivity index (χ3v) is 2.17. The molecule has 2 aromatic rings. The molecule has 2 aromatic carbocycles. The van der Waals surface area contributed by atoms with Gasteiger partial charge < -0.3 is 0 Å². The van der Waals surface area contributed by atoms with E-state index in [9.17, 15) is 8.78 Å². The van der Waals surface area contributed by atoms with Crippen LogP contribution in [0.4, 0.5) is 8.78 Å². The molecule has 0 N–H and O–H groups in total. The molecule has 16 heavy (non-hydrogen) atoms. The lowest BCUT2D eigenvalue weighted by Gasteiger charge is -2.04. The van der Waals surface area contributed by atoms with E-state index in [-0.39, 0.29) is 11.1 Å². The molecule has 0 aliphatic heterocycles. The topological polar surface area (TPSA) is 23.8 Å². The first-order chi connectivity index (χ1) is 7.72. The Bertz CT molecular complexity index is 550. The SMILES string of the molecule is N#Cc1[c]ccc(-c2c(F)cccc2F)c1. The van der Waals surface area contributed by atoms with Crippen LogP contribution in [-0.2, 0) is 0 Å². The Morgan fingerprint density at radius 3 is 2.44 bits per heavy atom. The monoisotopic (exact) mass is 214 g/mol. The first-order valence-electron chi connectivity index (χ1n) is 4.58. The Kier molecular flexibility index (Phi) is 2.65. The lowest BCUT2D eigenvalue weighted by molar-refractivity contribution is 0.589. The maximum atomic E-state index is 13.4. The molecule has 0 unspecified atom stereocenters. The first-order valence-corrected chi connectivity index (χ1v) is 4.58. The normalized spacial score (nSPS) is 9.81. The van der Waals surface area contributed by atoms with Gasteiger partial charge >= 0.3 is 0 Å². The van der Waals surface area contributed by atoms with Crippen molar-refractivity contribution in [3.8, 4) is 17.2 Å². The number of halogens is 2. The second-order valence-corrected chi connectivity index (χ2v) is 3.20. The van der Waals surface area contributed by atoms with Gasteiger partial charge in [-0.05, 0) is 23.8 Å². The van der Waals surface area contributed by atoms with Crippen LogP contribution in [0.2, 0.25) is 0 Å². The third-order valence-electron chi connectivity index (χ3n) is 2.17. The molecule has 0 aliphatic carbocycles. The summed E-state index contributed by atoms with van der Waals surface area (Å²) < 4.78 is 26.9. The van der Waals surface area contributed by atoms with E-state index in [2.05, 4.69) is 6.07 Å². The van der Waals surface area contributed by atoms with Gasteiger partial charge in [0.05, 0.1) is 17.2 Å². The minimum atomic E-state index is -0.643. The highest BCUT2D eigenvalue weighted by Gasteiger charge is 2.10. The Labute approximate surface area is 91.6 Å². The molecule has 0 heterocycles. The zero-order valence-electron chi connectivity index (χ0n) is 8.17. The second-order valence-electron chi connectivity index (χ2n) is 3.20. The van der Waals surface area contributed by atoms with Gasteiger partial charge in [0.25, 0.3) is 0 Å². The average molecular weight is 214 g/mol. The molecule has 0 aromatic heterocycles. The van der Waals surface area contributed by atoms with E-state index in [0.29, 0.717) is 5.56 Å². The van der Waals surface area contributed by atoms with Crippen molar-refractivity contribution in [2.75, 3.05) is 0 Å². The van der Waals surface area contributed by atoms with E-state index in [1.54, 1.807) is 0 Å². The number of rotatable bonds is 1. The number of nitriles is 1. The molecule has 0 bridgehead atoms. The number of benzene rings is 2. The van der Waals surface area contributed by atoms with Crippen molar-refractivity contribution in [3.63, 3.8) is 0 Å². The fraction of sp³-hybridized carbons (Fsp3) is 0. The van der Waals surface area contributed by atoms with Crippen LogP contribution in [-0.4, -0.2) is 0 Å². The lowest BCUT2D eigenvalue weighted by atomic mass is 10.0. The molecule has 77 valence electrons. The van der Waals surface area contributed by atoms with E-state index in [0.717, 1.165) is 0 Å². The molecule has 1 nitrogen and oxygen atoms in total. The van der Waals surface area contributed by atoms with Crippen molar-refractivity contribution in [2.24, 2.45) is 0 Å². The van der Waals surface area contributed by atoms with Gasteiger partial charge in [-0.2, -0.15) is 5.26 Å². The van der Waals surface area contributed by atoms with E-state index in [4.69, 9.17) is 5.26 Å². The molecule has 0 spiro atoms. The van der Waals surface area contributed by atoms with Crippen LogP contribution >= 0.6 is 0 Å². The summed E-state index contributed by atoms with van der Waals surface area (Å²) in [7, 11) is 0. The maximum absolute atomic E-state index is 13.4. The molecule has 0 aliphatic rings. The Morgan fingerprint density at radius 2 is 1.81 bits per heavy atom. The fourth-order valence-corrected chi connectivity index (χ4v) is 1.46. The quantitative estimate of drug-likeness (QED) is 0.714. The van der Waals surface area contributed by atoms with Gasteiger partial charge in [-0.15, -0.1) is 0 Å². The van der Waals surface area contributed by atoms with Gasteiger partial charge in [-0.3, -0.25) is 0 Å². The van der Waals surface area contributed by atoms with Crippen molar-refractivity contribution in [3.05, 3.63) is 59.7 Å². The van der Waals surface area contributed by atoms with Gasteiger partial charge in [0, 0.05) is 6.07 Å². The zero-order valence-corrected chi connectivity index (χ0v) is 8.17. The minimum Gasteiger partial charge on any atom is -0.206 e. The van der Waals surface area contributed by atoms with Gasteiger partial charge in [0.2, 0.25) is 0 Å². The maximum Gasteiger partial charge on any atom is 0.133 e. The molecule has 2 rings (SSSR count). The van der Waals surface area contributed by atoms with Crippen molar-refractivity contribution in [1.29, 1.82) is 5.26 Å². The number of nitrogens with zero attached hydrogens (tertiary/aromatic N) is 1. The van der Waals surface area contributed by atoms with Crippen LogP contribution in [0, 0.1) is 29.0 Å². The molecule has 0 saturated carbocycles. The summed E-state index contributed by atoms with van der Waals surface area (Å²) in [5.41, 5.74) is 0.471. The van der Waals surface area contributed by atoms with E-state index < -0.39 is 11.6 Å². The van der Waals surface area contributed by atoms with Crippen LogP contribution < -0.4 is 0 Å². The van der Waals surface area contributed by atoms with Crippen molar-refractivity contribution in [2.45, 2.75) is 0 Å². The molecule has 3 heteroatoms. The Hall–Kier alpha value is -2.21.